The van der Waals surface area contributed by atoms with Crippen LogP contribution in [0.15, 0.2) is 23.0 Å². The molecule has 0 spiro atoms. The zero-order valence-electron chi connectivity index (χ0n) is 8.90. The van der Waals surface area contributed by atoms with Gasteiger partial charge in [-0.3, -0.25) is 4.79 Å². The quantitative estimate of drug-likeness (QED) is 0.801. The molecule has 1 aliphatic rings. The Kier molecular flexibility index (Phi) is 3.06. The molecule has 2 heterocycles. The second-order valence-corrected chi connectivity index (χ2v) is 3.96. The molecule has 4 heteroatoms. The molecule has 82 valence electrons. The van der Waals surface area contributed by atoms with Gasteiger partial charge < -0.3 is 14.6 Å². The van der Waals surface area contributed by atoms with Crippen molar-refractivity contribution < 1.29 is 4.74 Å². The molecule has 4 nitrogen and oxygen atoms in total. The highest BCUT2D eigenvalue weighted by Crippen LogP contribution is 2.20. The number of hydrogen-bond donors (Lipinski definition) is 1. The molecular weight excluding hydrogens is 192 g/mol. The molecule has 1 aromatic heterocycles. The van der Waals surface area contributed by atoms with Crippen LogP contribution in [-0.4, -0.2) is 31.8 Å². The minimum atomic E-state index is -0.0392. The molecule has 1 aliphatic heterocycles. The van der Waals surface area contributed by atoms with Crippen molar-refractivity contribution in [3.63, 3.8) is 0 Å². The molecule has 0 bridgehead atoms. The Bertz CT molecular complexity index is 375. The molecule has 0 saturated carbocycles. The summed E-state index contributed by atoms with van der Waals surface area (Å²) in [4.78, 5) is 16.2. The van der Waals surface area contributed by atoms with Gasteiger partial charge in [-0.1, -0.05) is 6.07 Å². The molecule has 0 aliphatic carbocycles. The summed E-state index contributed by atoms with van der Waals surface area (Å²) in [6, 6.07) is 5.26. The molecular formula is C11H16N2O2. The van der Waals surface area contributed by atoms with Crippen molar-refractivity contribution in [1.82, 2.24) is 4.98 Å². The van der Waals surface area contributed by atoms with E-state index in [9.17, 15) is 4.79 Å². The maximum Gasteiger partial charge on any atom is 0.249 e. The molecule has 0 amide bonds. The van der Waals surface area contributed by atoms with E-state index in [2.05, 4.69) is 9.88 Å². The number of nitrogens with zero attached hydrogens (tertiary/aromatic N) is 1. The summed E-state index contributed by atoms with van der Waals surface area (Å²) in [7, 11) is 1.73. The molecule has 1 unspecified atom stereocenters. The van der Waals surface area contributed by atoms with Gasteiger partial charge in [-0.2, -0.15) is 0 Å². The standard InChI is InChI=1S/C11H16N2O2/c1-15-8-9-5-6-13(7-9)10-3-2-4-11(14)12-10/h2-4,9H,5-8H2,1H3,(H,12,14). The first-order chi connectivity index (χ1) is 7.29. The molecule has 0 aromatic carbocycles. The first kappa shape index (κ1) is 10.2. The van der Waals surface area contributed by atoms with E-state index in [0.29, 0.717) is 5.92 Å². The van der Waals surface area contributed by atoms with Crippen LogP contribution in [-0.2, 0) is 4.74 Å². The van der Waals surface area contributed by atoms with Gasteiger partial charge in [0.2, 0.25) is 5.56 Å². The summed E-state index contributed by atoms with van der Waals surface area (Å²) in [5.41, 5.74) is -0.0392. The summed E-state index contributed by atoms with van der Waals surface area (Å²) in [5.74, 6) is 1.50. The van der Waals surface area contributed by atoms with E-state index in [1.54, 1.807) is 13.2 Å². The SMILES string of the molecule is COCC1CCN(c2cccc(=O)[nH]2)C1. The van der Waals surface area contributed by atoms with Gasteiger partial charge >= 0.3 is 0 Å². The number of pyridine rings is 1. The number of ether oxygens (including phenoxy) is 1. The predicted octanol–water partition coefficient (Wildman–Crippen LogP) is 0.848. The van der Waals surface area contributed by atoms with Crippen molar-refractivity contribution in [2.75, 3.05) is 31.7 Å². The molecule has 1 atom stereocenters. The van der Waals surface area contributed by atoms with Gasteiger partial charge in [-0.25, -0.2) is 0 Å². The number of hydrogen-bond acceptors (Lipinski definition) is 3. The molecule has 15 heavy (non-hydrogen) atoms. The highest BCUT2D eigenvalue weighted by Gasteiger charge is 2.22. The van der Waals surface area contributed by atoms with Gasteiger partial charge in [-0.05, 0) is 12.5 Å². The summed E-state index contributed by atoms with van der Waals surface area (Å²) >= 11 is 0. The molecule has 1 N–H and O–H groups in total. The molecule has 1 saturated heterocycles. The first-order valence-corrected chi connectivity index (χ1v) is 5.23. The third-order valence-electron chi connectivity index (χ3n) is 2.78. The highest BCUT2D eigenvalue weighted by atomic mass is 16.5. The summed E-state index contributed by atoms with van der Waals surface area (Å²) in [6.45, 7) is 2.76. The van der Waals surface area contributed by atoms with Crippen LogP contribution < -0.4 is 10.5 Å². The average Bonchev–Trinajstić information content (AvgIpc) is 2.67. The van der Waals surface area contributed by atoms with E-state index in [4.69, 9.17) is 4.74 Å². The second-order valence-electron chi connectivity index (χ2n) is 3.96. The Morgan fingerprint density at radius 3 is 3.20 bits per heavy atom. The predicted molar refractivity (Wildman–Crippen MR) is 59.3 cm³/mol. The number of H-pyrrole nitrogens is 1. The summed E-state index contributed by atoms with van der Waals surface area (Å²) in [5, 5.41) is 0. The van der Waals surface area contributed by atoms with Crippen molar-refractivity contribution in [2.24, 2.45) is 5.92 Å². The lowest BCUT2D eigenvalue weighted by molar-refractivity contribution is 0.161. The van der Waals surface area contributed by atoms with Gasteiger partial charge in [0.25, 0.3) is 0 Å². The van der Waals surface area contributed by atoms with E-state index in [1.165, 1.54) is 6.07 Å². The zero-order valence-corrected chi connectivity index (χ0v) is 8.90. The smallest absolute Gasteiger partial charge is 0.249 e. The highest BCUT2D eigenvalue weighted by molar-refractivity contribution is 5.38. The zero-order chi connectivity index (χ0) is 10.7. The van der Waals surface area contributed by atoms with Crippen molar-refractivity contribution in [1.29, 1.82) is 0 Å². The summed E-state index contributed by atoms with van der Waals surface area (Å²) < 4.78 is 5.14. The lowest BCUT2D eigenvalue weighted by Gasteiger charge is -2.17. The molecule has 0 radical (unpaired) electrons. The third-order valence-corrected chi connectivity index (χ3v) is 2.78. The van der Waals surface area contributed by atoms with E-state index < -0.39 is 0 Å². The Labute approximate surface area is 88.9 Å². The van der Waals surface area contributed by atoms with Crippen LogP contribution in [0.1, 0.15) is 6.42 Å². The van der Waals surface area contributed by atoms with Crippen LogP contribution in [0.4, 0.5) is 5.82 Å². The van der Waals surface area contributed by atoms with Gasteiger partial charge in [-0.15, -0.1) is 0 Å². The van der Waals surface area contributed by atoms with Crippen molar-refractivity contribution >= 4 is 5.82 Å². The minimum absolute atomic E-state index is 0.0392. The van der Waals surface area contributed by atoms with E-state index in [0.717, 1.165) is 31.9 Å². The fraction of sp³-hybridized carbons (Fsp3) is 0.545. The number of aromatic amines is 1. The average molecular weight is 208 g/mol. The van der Waals surface area contributed by atoms with Crippen LogP contribution in [0.3, 0.4) is 0 Å². The fourth-order valence-electron chi connectivity index (χ4n) is 2.04. The van der Waals surface area contributed by atoms with Crippen molar-refractivity contribution in [2.45, 2.75) is 6.42 Å². The molecule has 1 fully saturated rings. The number of nitrogens with one attached hydrogen (secondary N) is 1. The lowest BCUT2D eigenvalue weighted by atomic mass is 10.1. The van der Waals surface area contributed by atoms with Gasteiger partial charge in [0.15, 0.2) is 0 Å². The number of aromatic nitrogens is 1. The monoisotopic (exact) mass is 208 g/mol. The Morgan fingerprint density at radius 2 is 2.47 bits per heavy atom. The summed E-state index contributed by atoms with van der Waals surface area (Å²) in [6.07, 6.45) is 1.13. The normalized spacial score (nSPS) is 20.9. The van der Waals surface area contributed by atoms with Crippen molar-refractivity contribution in [3.05, 3.63) is 28.6 Å². The number of methoxy groups -OCH3 is 1. The Hall–Kier alpha value is -1.29. The maximum absolute atomic E-state index is 11.1. The largest absolute Gasteiger partial charge is 0.384 e. The third kappa shape index (κ3) is 2.39. The fourth-order valence-corrected chi connectivity index (χ4v) is 2.04. The topological polar surface area (TPSA) is 45.3 Å². The van der Waals surface area contributed by atoms with E-state index in [-0.39, 0.29) is 5.56 Å². The minimum Gasteiger partial charge on any atom is -0.384 e. The maximum atomic E-state index is 11.1. The number of anilines is 1. The molecule has 1 aromatic rings. The van der Waals surface area contributed by atoms with E-state index in [1.807, 2.05) is 6.07 Å². The van der Waals surface area contributed by atoms with Crippen LogP contribution in [0.25, 0.3) is 0 Å². The number of rotatable bonds is 3. The van der Waals surface area contributed by atoms with Gasteiger partial charge in [0.05, 0.1) is 6.61 Å². The van der Waals surface area contributed by atoms with E-state index >= 15 is 0 Å². The Balaban J connectivity index is 2.04. The second kappa shape index (κ2) is 4.49. The van der Waals surface area contributed by atoms with Gasteiger partial charge in [0, 0.05) is 32.2 Å². The van der Waals surface area contributed by atoms with Gasteiger partial charge in [0.1, 0.15) is 5.82 Å². The van der Waals surface area contributed by atoms with Crippen LogP contribution >= 0.6 is 0 Å². The van der Waals surface area contributed by atoms with Crippen LogP contribution in [0, 0.1) is 5.92 Å². The molecule has 2 rings (SSSR count). The lowest BCUT2D eigenvalue weighted by Crippen LogP contribution is -2.23. The first-order valence-electron chi connectivity index (χ1n) is 5.23. The van der Waals surface area contributed by atoms with Crippen LogP contribution in [0.2, 0.25) is 0 Å². The van der Waals surface area contributed by atoms with Crippen molar-refractivity contribution in [3.8, 4) is 0 Å². The Morgan fingerprint density at radius 1 is 1.60 bits per heavy atom. The van der Waals surface area contributed by atoms with Crippen LogP contribution in [0.5, 0.6) is 0 Å².